The van der Waals surface area contributed by atoms with Crippen LogP contribution in [-0.2, 0) is 16.1 Å². The molecule has 1 aromatic rings. The Balaban J connectivity index is 2.55. The van der Waals surface area contributed by atoms with Gasteiger partial charge in [-0.2, -0.15) is 5.10 Å². The number of carboxylic acid groups (broad SMARTS) is 1. The van der Waals surface area contributed by atoms with Crippen LogP contribution in [0, 0.1) is 5.92 Å². The number of rotatable bonds is 6. The SMILES string of the molecule is CC[C@H](C)[C@H](NC(=O)Cn1cncn1)C(=O)O. The molecule has 0 aliphatic rings. The normalized spacial score (nSPS) is 14.0. The zero-order valence-corrected chi connectivity index (χ0v) is 9.83. The minimum absolute atomic E-state index is 0.0276. The Bertz CT molecular complexity index is 377. The second-order valence-electron chi connectivity index (χ2n) is 3.86. The lowest BCUT2D eigenvalue weighted by Crippen LogP contribution is -2.46. The molecule has 0 bridgehead atoms. The first-order valence-corrected chi connectivity index (χ1v) is 5.39. The molecule has 7 nitrogen and oxygen atoms in total. The number of nitrogens with zero attached hydrogens (tertiary/aromatic N) is 3. The minimum atomic E-state index is -1.02. The van der Waals surface area contributed by atoms with Crippen molar-refractivity contribution >= 4 is 11.9 Å². The van der Waals surface area contributed by atoms with Gasteiger partial charge >= 0.3 is 5.97 Å². The lowest BCUT2D eigenvalue weighted by Gasteiger charge is -2.19. The highest BCUT2D eigenvalue weighted by Crippen LogP contribution is 2.07. The van der Waals surface area contributed by atoms with Crippen molar-refractivity contribution in [2.45, 2.75) is 32.9 Å². The third-order valence-electron chi connectivity index (χ3n) is 2.57. The zero-order chi connectivity index (χ0) is 12.8. The Morgan fingerprint density at radius 3 is 2.71 bits per heavy atom. The van der Waals surface area contributed by atoms with Crippen LogP contribution < -0.4 is 5.32 Å². The molecule has 7 heteroatoms. The number of aromatic nitrogens is 3. The van der Waals surface area contributed by atoms with Crippen molar-refractivity contribution in [3.05, 3.63) is 12.7 Å². The van der Waals surface area contributed by atoms with Gasteiger partial charge in [-0.1, -0.05) is 20.3 Å². The fourth-order valence-corrected chi connectivity index (χ4v) is 1.36. The first kappa shape index (κ1) is 13.1. The van der Waals surface area contributed by atoms with Crippen LogP contribution in [0.25, 0.3) is 0 Å². The molecule has 1 rings (SSSR count). The second-order valence-corrected chi connectivity index (χ2v) is 3.86. The summed E-state index contributed by atoms with van der Waals surface area (Å²) in [6.45, 7) is 3.64. The molecule has 0 spiro atoms. The summed E-state index contributed by atoms with van der Waals surface area (Å²) in [6.07, 6.45) is 3.40. The number of carbonyl (C=O) groups is 2. The lowest BCUT2D eigenvalue weighted by molar-refractivity contribution is -0.143. The lowest BCUT2D eigenvalue weighted by atomic mass is 9.99. The van der Waals surface area contributed by atoms with Gasteiger partial charge in [0, 0.05) is 0 Å². The summed E-state index contributed by atoms with van der Waals surface area (Å²) in [7, 11) is 0. The van der Waals surface area contributed by atoms with E-state index in [2.05, 4.69) is 15.4 Å². The molecule has 0 unspecified atom stereocenters. The van der Waals surface area contributed by atoms with E-state index >= 15 is 0 Å². The molecule has 0 fully saturated rings. The Kier molecular flexibility index (Phi) is 4.62. The number of hydrogen-bond donors (Lipinski definition) is 2. The summed E-state index contributed by atoms with van der Waals surface area (Å²) >= 11 is 0. The van der Waals surface area contributed by atoms with Gasteiger partial charge in [0.25, 0.3) is 0 Å². The molecule has 1 amide bonds. The number of carboxylic acids is 1. The van der Waals surface area contributed by atoms with Gasteiger partial charge in [-0.05, 0) is 5.92 Å². The van der Waals surface area contributed by atoms with Gasteiger partial charge in [0.1, 0.15) is 25.2 Å². The van der Waals surface area contributed by atoms with Crippen LogP contribution in [0.2, 0.25) is 0 Å². The number of hydrogen-bond acceptors (Lipinski definition) is 4. The molecule has 17 heavy (non-hydrogen) atoms. The van der Waals surface area contributed by atoms with Crippen LogP contribution in [0.4, 0.5) is 0 Å². The van der Waals surface area contributed by atoms with Crippen molar-refractivity contribution in [2.75, 3.05) is 0 Å². The quantitative estimate of drug-likeness (QED) is 0.723. The number of carbonyl (C=O) groups excluding carboxylic acids is 1. The van der Waals surface area contributed by atoms with Crippen molar-refractivity contribution < 1.29 is 14.7 Å². The molecule has 0 aliphatic carbocycles. The summed E-state index contributed by atoms with van der Waals surface area (Å²) < 4.78 is 1.34. The molecule has 0 saturated heterocycles. The summed E-state index contributed by atoms with van der Waals surface area (Å²) in [5.74, 6) is -1.53. The third-order valence-corrected chi connectivity index (χ3v) is 2.57. The first-order valence-electron chi connectivity index (χ1n) is 5.39. The molecular formula is C10H16N4O3. The summed E-state index contributed by atoms with van der Waals surface area (Å²) in [6, 6.07) is -0.865. The van der Waals surface area contributed by atoms with E-state index in [-0.39, 0.29) is 18.4 Å². The van der Waals surface area contributed by atoms with Crippen LogP contribution in [0.15, 0.2) is 12.7 Å². The maximum absolute atomic E-state index is 11.6. The van der Waals surface area contributed by atoms with E-state index in [1.54, 1.807) is 6.92 Å². The van der Waals surface area contributed by atoms with Gasteiger partial charge in [0.2, 0.25) is 5.91 Å². The highest BCUT2D eigenvalue weighted by atomic mass is 16.4. The Labute approximate surface area is 98.8 Å². The molecule has 0 aliphatic heterocycles. The van der Waals surface area contributed by atoms with Gasteiger partial charge in [0.05, 0.1) is 0 Å². The van der Waals surface area contributed by atoms with Gasteiger partial charge in [-0.25, -0.2) is 14.5 Å². The Hall–Kier alpha value is -1.92. The van der Waals surface area contributed by atoms with E-state index in [1.807, 2.05) is 6.92 Å². The van der Waals surface area contributed by atoms with Crippen LogP contribution in [-0.4, -0.2) is 37.8 Å². The highest BCUT2D eigenvalue weighted by Gasteiger charge is 2.25. The number of aliphatic carboxylic acids is 1. The first-order chi connectivity index (χ1) is 8.04. The van der Waals surface area contributed by atoms with Crippen molar-refractivity contribution in [2.24, 2.45) is 5.92 Å². The zero-order valence-electron chi connectivity index (χ0n) is 9.83. The van der Waals surface area contributed by atoms with Crippen molar-refractivity contribution in [1.82, 2.24) is 20.1 Å². The molecule has 0 radical (unpaired) electrons. The molecule has 94 valence electrons. The van der Waals surface area contributed by atoms with Gasteiger partial charge in [0.15, 0.2) is 0 Å². The Morgan fingerprint density at radius 1 is 1.53 bits per heavy atom. The predicted octanol–water partition coefficient (Wildman–Crippen LogP) is -0.106. The van der Waals surface area contributed by atoms with Crippen LogP contribution in [0.5, 0.6) is 0 Å². The van der Waals surface area contributed by atoms with E-state index in [0.717, 1.165) is 0 Å². The average Bonchev–Trinajstić information content (AvgIpc) is 2.77. The molecule has 1 heterocycles. The van der Waals surface area contributed by atoms with Crippen LogP contribution in [0.1, 0.15) is 20.3 Å². The monoisotopic (exact) mass is 240 g/mol. The highest BCUT2D eigenvalue weighted by molar-refractivity contribution is 5.83. The molecular weight excluding hydrogens is 224 g/mol. The van der Waals surface area contributed by atoms with E-state index in [0.29, 0.717) is 6.42 Å². The van der Waals surface area contributed by atoms with E-state index in [9.17, 15) is 9.59 Å². The van der Waals surface area contributed by atoms with E-state index in [1.165, 1.54) is 17.3 Å². The van der Waals surface area contributed by atoms with Crippen LogP contribution >= 0.6 is 0 Å². The largest absolute Gasteiger partial charge is 0.480 e. The number of amides is 1. The summed E-state index contributed by atoms with van der Waals surface area (Å²) in [4.78, 5) is 26.3. The molecule has 2 atom stereocenters. The fourth-order valence-electron chi connectivity index (χ4n) is 1.36. The Morgan fingerprint density at radius 2 is 2.24 bits per heavy atom. The van der Waals surface area contributed by atoms with Gasteiger partial charge in [-0.15, -0.1) is 0 Å². The standard InChI is InChI=1S/C10H16N4O3/c1-3-7(2)9(10(16)17)13-8(15)4-14-6-11-5-12-14/h5-7,9H,3-4H2,1-2H3,(H,13,15)(H,16,17)/t7-,9-/m0/s1. The van der Waals surface area contributed by atoms with E-state index < -0.39 is 12.0 Å². The van der Waals surface area contributed by atoms with Gasteiger partial charge < -0.3 is 10.4 Å². The van der Waals surface area contributed by atoms with Crippen LogP contribution in [0.3, 0.4) is 0 Å². The van der Waals surface area contributed by atoms with E-state index in [4.69, 9.17) is 5.11 Å². The van der Waals surface area contributed by atoms with Gasteiger partial charge in [-0.3, -0.25) is 4.79 Å². The third kappa shape index (κ3) is 3.86. The smallest absolute Gasteiger partial charge is 0.326 e. The van der Waals surface area contributed by atoms with Crippen molar-refractivity contribution in [3.63, 3.8) is 0 Å². The minimum Gasteiger partial charge on any atom is -0.480 e. The van der Waals surface area contributed by atoms with Crippen molar-refractivity contribution in [3.8, 4) is 0 Å². The summed E-state index contributed by atoms with van der Waals surface area (Å²) in [5.41, 5.74) is 0. The average molecular weight is 240 g/mol. The fraction of sp³-hybridized carbons (Fsp3) is 0.600. The maximum atomic E-state index is 11.6. The predicted molar refractivity (Wildman–Crippen MR) is 59.0 cm³/mol. The molecule has 0 aromatic carbocycles. The summed E-state index contributed by atoms with van der Waals surface area (Å²) in [5, 5.41) is 15.2. The molecule has 0 saturated carbocycles. The number of nitrogens with one attached hydrogen (secondary N) is 1. The second kappa shape index (κ2) is 5.97. The van der Waals surface area contributed by atoms with Crippen molar-refractivity contribution in [1.29, 1.82) is 0 Å². The molecule has 1 aromatic heterocycles. The molecule has 2 N–H and O–H groups in total. The topological polar surface area (TPSA) is 97.1 Å². The maximum Gasteiger partial charge on any atom is 0.326 e.